The number of carbonyl (C=O) groups is 2. The summed E-state index contributed by atoms with van der Waals surface area (Å²) >= 11 is 6.42. The number of aryl methyl sites for hydroxylation is 1. The molecule has 5 aliphatic rings. The number of likely N-dealkylation sites (tertiary alicyclic amines) is 1. The van der Waals surface area contributed by atoms with Crippen LogP contribution in [0.3, 0.4) is 0 Å². The van der Waals surface area contributed by atoms with Gasteiger partial charge in [0.15, 0.2) is 0 Å². The van der Waals surface area contributed by atoms with E-state index in [-0.39, 0.29) is 35.3 Å². The molecule has 2 fully saturated rings. The first-order chi connectivity index (χ1) is 23.7. The Hall–Kier alpha value is -3.22. The quantitative estimate of drug-likeness (QED) is 0.402. The van der Waals surface area contributed by atoms with Gasteiger partial charge in [-0.1, -0.05) is 36.7 Å². The van der Waals surface area contributed by atoms with Gasteiger partial charge in [-0.15, -0.1) is 0 Å². The molecule has 2 aromatic carbocycles. The molecule has 3 heterocycles. The van der Waals surface area contributed by atoms with Crippen molar-refractivity contribution in [2.24, 2.45) is 17.8 Å². The molecule has 2 aromatic rings. The van der Waals surface area contributed by atoms with Crippen molar-refractivity contribution in [2.75, 3.05) is 44.3 Å². The largest absolute Gasteiger partial charge is 0.490 e. The van der Waals surface area contributed by atoms with Gasteiger partial charge in [0.1, 0.15) is 12.4 Å². The molecular formula is C37H44ClF2N3O6S. The van der Waals surface area contributed by atoms with E-state index >= 15 is 0 Å². The number of hydrogen-bond acceptors (Lipinski definition) is 7. The second kappa shape index (κ2) is 13.4. The molecule has 1 saturated heterocycles. The first kappa shape index (κ1) is 35.2. The SMILES string of the molecule is C[C@@H]1[C@@H](C)C/C=C/[C@H](OCC(=O)N2CC(F)(F)C2)[C@@H]2CC[C@H]2CN2C[C@@]3(CCCc4cc(Cl)ccc43)COc3ccc(cc32)C(=O)NS1(=O)=O. The van der Waals surface area contributed by atoms with Crippen molar-refractivity contribution in [3.05, 3.63) is 70.3 Å². The molecule has 0 radical (unpaired) electrons. The summed E-state index contributed by atoms with van der Waals surface area (Å²) in [5, 5.41) is -0.189. The van der Waals surface area contributed by atoms with Crippen LogP contribution in [0.15, 0.2) is 48.6 Å². The Bertz CT molecular complexity index is 1800. The molecule has 9 nitrogen and oxygen atoms in total. The smallest absolute Gasteiger partial charge is 0.282 e. The normalized spacial score (nSPS) is 32.3. The maximum atomic E-state index is 13.5. The van der Waals surface area contributed by atoms with Crippen molar-refractivity contribution in [3.8, 4) is 5.75 Å². The van der Waals surface area contributed by atoms with Crippen LogP contribution in [0.25, 0.3) is 0 Å². The number of anilines is 1. The van der Waals surface area contributed by atoms with Crippen LogP contribution in [-0.2, 0) is 31.4 Å². The van der Waals surface area contributed by atoms with Gasteiger partial charge in [0.05, 0.1) is 36.7 Å². The van der Waals surface area contributed by atoms with Crippen molar-refractivity contribution in [2.45, 2.75) is 75.1 Å². The number of benzene rings is 2. The minimum Gasteiger partial charge on any atom is -0.490 e. The summed E-state index contributed by atoms with van der Waals surface area (Å²) in [4.78, 5) is 29.6. The van der Waals surface area contributed by atoms with Gasteiger partial charge in [-0.3, -0.25) is 9.59 Å². The lowest BCUT2D eigenvalue weighted by molar-refractivity contribution is -0.171. The summed E-state index contributed by atoms with van der Waals surface area (Å²) in [6.07, 6.45) is 8.26. The molecule has 13 heteroatoms. The topological polar surface area (TPSA) is 105 Å². The number of carbonyl (C=O) groups excluding carboxylic acids is 2. The minimum atomic E-state index is -4.03. The average molecular weight is 732 g/mol. The molecule has 50 heavy (non-hydrogen) atoms. The molecule has 2 bridgehead atoms. The van der Waals surface area contributed by atoms with Crippen molar-refractivity contribution in [3.63, 3.8) is 0 Å². The third kappa shape index (κ3) is 6.87. The molecular weight excluding hydrogens is 688 g/mol. The van der Waals surface area contributed by atoms with E-state index in [4.69, 9.17) is 21.1 Å². The number of halogens is 3. The Labute approximate surface area is 297 Å². The van der Waals surface area contributed by atoms with E-state index < -0.39 is 52.2 Å². The summed E-state index contributed by atoms with van der Waals surface area (Å²) in [5.74, 6) is -3.55. The second-order valence-corrected chi connectivity index (χ2v) is 17.5. The summed E-state index contributed by atoms with van der Waals surface area (Å²) in [6, 6.07) is 11.1. The van der Waals surface area contributed by atoms with Gasteiger partial charge in [-0.2, -0.15) is 0 Å². The van der Waals surface area contributed by atoms with E-state index in [1.165, 1.54) is 11.1 Å². The third-order valence-electron chi connectivity index (χ3n) is 11.6. The Morgan fingerprint density at radius 2 is 1.92 bits per heavy atom. The first-order valence-electron chi connectivity index (χ1n) is 17.5. The predicted molar refractivity (Wildman–Crippen MR) is 186 cm³/mol. The van der Waals surface area contributed by atoms with Gasteiger partial charge >= 0.3 is 0 Å². The van der Waals surface area contributed by atoms with E-state index in [0.29, 0.717) is 42.6 Å². The molecule has 6 atom stereocenters. The van der Waals surface area contributed by atoms with Crippen molar-refractivity contribution in [1.82, 2.24) is 9.62 Å². The monoisotopic (exact) mass is 731 g/mol. The molecule has 3 aliphatic heterocycles. The van der Waals surface area contributed by atoms with Gasteiger partial charge in [0.2, 0.25) is 15.9 Å². The lowest BCUT2D eigenvalue weighted by Crippen LogP contribution is -2.59. The molecule has 1 spiro atoms. The molecule has 0 aromatic heterocycles. The van der Waals surface area contributed by atoms with Crippen LogP contribution in [0.4, 0.5) is 14.5 Å². The third-order valence-corrected chi connectivity index (χ3v) is 13.8. The maximum Gasteiger partial charge on any atom is 0.282 e. The van der Waals surface area contributed by atoms with Crippen LogP contribution in [0.2, 0.25) is 5.02 Å². The maximum absolute atomic E-state index is 13.5. The van der Waals surface area contributed by atoms with E-state index in [1.54, 1.807) is 25.1 Å². The summed E-state index contributed by atoms with van der Waals surface area (Å²) < 4.78 is 68.8. The fourth-order valence-corrected chi connectivity index (χ4v) is 9.75. The van der Waals surface area contributed by atoms with Gasteiger partial charge in [-0.25, -0.2) is 21.9 Å². The zero-order valence-electron chi connectivity index (χ0n) is 28.4. The molecule has 2 aliphatic carbocycles. The van der Waals surface area contributed by atoms with Crippen LogP contribution in [-0.4, -0.2) is 81.8 Å². The average Bonchev–Trinajstić information content (AvgIpc) is 3.19. The molecule has 1 saturated carbocycles. The number of fused-ring (bicyclic) bond motifs is 4. The van der Waals surface area contributed by atoms with Crippen molar-refractivity contribution in [1.29, 1.82) is 0 Å². The number of sulfonamides is 1. The van der Waals surface area contributed by atoms with Crippen molar-refractivity contribution < 1.29 is 36.3 Å². The fourth-order valence-electron chi connectivity index (χ4n) is 8.27. The fraction of sp³-hybridized carbons (Fsp3) is 0.568. The van der Waals surface area contributed by atoms with E-state index in [1.807, 2.05) is 31.2 Å². The first-order valence-corrected chi connectivity index (χ1v) is 19.5. The lowest BCUT2D eigenvalue weighted by atomic mass is 9.68. The Kier molecular flexibility index (Phi) is 9.43. The van der Waals surface area contributed by atoms with Gasteiger partial charge in [0, 0.05) is 29.1 Å². The van der Waals surface area contributed by atoms with E-state index in [2.05, 4.69) is 15.7 Å². The highest BCUT2D eigenvalue weighted by Gasteiger charge is 2.47. The number of hydrogen-bond donors (Lipinski definition) is 1. The highest BCUT2D eigenvalue weighted by Crippen LogP contribution is 2.47. The summed E-state index contributed by atoms with van der Waals surface area (Å²) in [5.41, 5.74) is 2.99. The van der Waals surface area contributed by atoms with Crippen LogP contribution in [0.5, 0.6) is 5.75 Å². The van der Waals surface area contributed by atoms with Gasteiger partial charge in [-0.05, 0) is 105 Å². The van der Waals surface area contributed by atoms with E-state index in [9.17, 15) is 26.8 Å². The zero-order valence-corrected chi connectivity index (χ0v) is 29.9. The summed E-state index contributed by atoms with van der Waals surface area (Å²) in [7, 11) is -4.03. The van der Waals surface area contributed by atoms with Gasteiger partial charge in [0.25, 0.3) is 11.8 Å². The standard InChI is InChI=1S/C37H44ClF2N3O6S/c1-23-5-3-7-32(48-18-34(44)43-20-37(39,40)21-43)29-11-8-27(29)17-42-19-36(14-4-6-25-15-28(38)10-12-30(25)36)22-49-33-13-9-26(16-31(33)42)35(45)41-50(46,47)24(23)2/h3,7,9-10,12-13,15-16,23-24,27,29,32H,4-6,8,11,14,17-22H2,1-2H3,(H,41,45)/b7-3+/t23-,24+,27-,29+,32-,36-/m0/s1. The highest BCUT2D eigenvalue weighted by atomic mass is 35.5. The number of allylic oxidation sites excluding steroid dienone is 1. The number of rotatable bonds is 3. The second-order valence-electron chi connectivity index (χ2n) is 15.0. The lowest BCUT2D eigenvalue weighted by Gasteiger charge is -2.46. The van der Waals surface area contributed by atoms with Crippen LogP contribution >= 0.6 is 11.6 Å². The number of nitrogens with one attached hydrogen (secondary N) is 1. The highest BCUT2D eigenvalue weighted by molar-refractivity contribution is 7.90. The number of nitrogens with zero attached hydrogens (tertiary/aromatic N) is 2. The number of amides is 2. The van der Waals surface area contributed by atoms with Gasteiger partial charge < -0.3 is 19.3 Å². The van der Waals surface area contributed by atoms with Crippen LogP contribution in [0.1, 0.15) is 67.4 Å². The summed E-state index contributed by atoms with van der Waals surface area (Å²) in [6.45, 7) is 3.53. The predicted octanol–water partition coefficient (Wildman–Crippen LogP) is 5.75. The Morgan fingerprint density at radius 1 is 1.12 bits per heavy atom. The van der Waals surface area contributed by atoms with Crippen LogP contribution in [0, 0.1) is 17.8 Å². The molecule has 270 valence electrons. The van der Waals surface area contributed by atoms with E-state index in [0.717, 1.165) is 37.0 Å². The zero-order chi connectivity index (χ0) is 35.4. The minimum absolute atomic E-state index is 0.0359. The Balaban J connectivity index is 1.24. The molecule has 0 unspecified atom stereocenters. The van der Waals surface area contributed by atoms with Crippen LogP contribution < -0.4 is 14.4 Å². The number of ether oxygens (including phenoxy) is 2. The molecule has 2 amide bonds. The molecule has 1 N–H and O–H groups in total. The Morgan fingerprint density at radius 3 is 2.66 bits per heavy atom. The molecule has 7 rings (SSSR count). The number of alkyl halides is 2. The van der Waals surface area contributed by atoms with Crippen molar-refractivity contribution >= 4 is 39.1 Å².